The Bertz CT molecular complexity index is 254. The number of hydrogen-bond donors (Lipinski definition) is 0. The first-order chi connectivity index (χ1) is 6.86. The molecule has 3 aliphatic rings. The maximum absolute atomic E-state index is 11.6. The molecule has 3 heteroatoms. The summed E-state index contributed by atoms with van der Waals surface area (Å²) in [5.41, 5.74) is 0. The highest BCUT2D eigenvalue weighted by Gasteiger charge is 2.42. The summed E-state index contributed by atoms with van der Waals surface area (Å²) in [5.74, 6) is 0.388. The number of piperidine rings is 1. The topological polar surface area (TPSA) is 23.6 Å². The highest BCUT2D eigenvalue weighted by atomic mass is 16.2. The van der Waals surface area contributed by atoms with Crippen LogP contribution in [0, 0.1) is 0 Å². The third-order valence-electron chi connectivity index (χ3n) is 4.06. The Morgan fingerprint density at radius 2 is 2.00 bits per heavy atom. The van der Waals surface area contributed by atoms with Crippen molar-refractivity contribution in [3.8, 4) is 0 Å². The van der Waals surface area contributed by atoms with Gasteiger partial charge in [0.05, 0.1) is 6.17 Å². The van der Waals surface area contributed by atoms with Crippen molar-refractivity contribution in [2.24, 2.45) is 0 Å². The van der Waals surface area contributed by atoms with E-state index < -0.39 is 0 Å². The van der Waals surface area contributed by atoms with Crippen molar-refractivity contribution in [3.05, 3.63) is 0 Å². The predicted molar refractivity (Wildman–Crippen MR) is 53.7 cm³/mol. The number of nitrogens with zero attached hydrogens (tertiary/aromatic N) is 2. The van der Waals surface area contributed by atoms with E-state index >= 15 is 0 Å². The number of amides is 1. The molecule has 3 aliphatic heterocycles. The third-order valence-corrected chi connectivity index (χ3v) is 4.06. The number of carbonyl (C=O) groups is 1. The average molecular weight is 194 g/mol. The second-order valence-corrected chi connectivity index (χ2v) is 4.78. The van der Waals surface area contributed by atoms with Gasteiger partial charge in [0.15, 0.2) is 0 Å². The van der Waals surface area contributed by atoms with Gasteiger partial charge in [0.25, 0.3) is 0 Å². The molecule has 3 fully saturated rings. The second kappa shape index (κ2) is 3.23. The van der Waals surface area contributed by atoms with Gasteiger partial charge >= 0.3 is 0 Å². The van der Waals surface area contributed by atoms with E-state index in [1.807, 2.05) is 0 Å². The molecule has 3 saturated heterocycles. The van der Waals surface area contributed by atoms with Crippen LogP contribution in [0.4, 0.5) is 0 Å². The molecule has 14 heavy (non-hydrogen) atoms. The first-order valence-electron chi connectivity index (χ1n) is 5.91. The van der Waals surface area contributed by atoms with Crippen LogP contribution in [0.2, 0.25) is 0 Å². The maximum atomic E-state index is 11.6. The van der Waals surface area contributed by atoms with Crippen molar-refractivity contribution in [2.45, 2.75) is 50.7 Å². The SMILES string of the molecule is O=C1CC[C@H]2N1CC[C@H]1CCCCN12. The zero-order valence-corrected chi connectivity index (χ0v) is 8.61. The van der Waals surface area contributed by atoms with Gasteiger partial charge in [-0.3, -0.25) is 9.69 Å². The zero-order valence-electron chi connectivity index (χ0n) is 8.61. The van der Waals surface area contributed by atoms with E-state index in [2.05, 4.69) is 9.80 Å². The summed E-state index contributed by atoms with van der Waals surface area (Å²) in [6, 6.07) is 0.788. The van der Waals surface area contributed by atoms with Gasteiger partial charge in [-0.2, -0.15) is 0 Å². The van der Waals surface area contributed by atoms with Gasteiger partial charge in [0, 0.05) is 25.6 Å². The smallest absolute Gasteiger partial charge is 0.223 e. The van der Waals surface area contributed by atoms with Crippen LogP contribution in [-0.2, 0) is 4.79 Å². The largest absolute Gasteiger partial charge is 0.327 e. The van der Waals surface area contributed by atoms with Gasteiger partial charge < -0.3 is 4.90 Å². The zero-order chi connectivity index (χ0) is 9.54. The van der Waals surface area contributed by atoms with Crippen LogP contribution in [-0.4, -0.2) is 41.0 Å². The summed E-state index contributed by atoms with van der Waals surface area (Å²) >= 11 is 0. The van der Waals surface area contributed by atoms with Gasteiger partial charge in [0.1, 0.15) is 0 Å². The van der Waals surface area contributed by atoms with Gasteiger partial charge in [-0.25, -0.2) is 0 Å². The molecular weight excluding hydrogens is 176 g/mol. The lowest BCUT2D eigenvalue weighted by Gasteiger charge is -2.47. The van der Waals surface area contributed by atoms with E-state index in [1.54, 1.807) is 0 Å². The minimum absolute atomic E-state index is 0.388. The van der Waals surface area contributed by atoms with Crippen molar-refractivity contribution in [1.82, 2.24) is 9.80 Å². The third kappa shape index (κ3) is 1.18. The molecule has 0 unspecified atom stereocenters. The predicted octanol–water partition coefficient (Wildman–Crippen LogP) is 1.19. The van der Waals surface area contributed by atoms with Crippen LogP contribution in [0.3, 0.4) is 0 Å². The van der Waals surface area contributed by atoms with Crippen LogP contribution < -0.4 is 0 Å². The molecule has 0 aromatic carbocycles. The van der Waals surface area contributed by atoms with Crippen LogP contribution in [0.15, 0.2) is 0 Å². The van der Waals surface area contributed by atoms with E-state index in [9.17, 15) is 4.79 Å². The van der Waals surface area contributed by atoms with Crippen molar-refractivity contribution in [1.29, 1.82) is 0 Å². The minimum atomic E-state index is 0.388. The lowest BCUT2D eigenvalue weighted by atomic mass is 9.96. The molecule has 3 rings (SSSR count). The Hall–Kier alpha value is -0.570. The number of hydrogen-bond acceptors (Lipinski definition) is 2. The monoisotopic (exact) mass is 194 g/mol. The molecule has 0 saturated carbocycles. The van der Waals surface area contributed by atoms with Crippen molar-refractivity contribution in [3.63, 3.8) is 0 Å². The molecule has 0 aromatic rings. The lowest BCUT2D eigenvalue weighted by molar-refractivity contribution is -0.136. The van der Waals surface area contributed by atoms with Crippen molar-refractivity contribution >= 4 is 5.91 Å². The van der Waals surface area contributed by atoms with Crippen LogP contribution in [0.5, 0.6) is 0 Å². The average Bonchev–Trinajstić information content (AvgIpc) is 2.61. The van der Waals surface area contributed by atoms with Crippen molar-refractivity contribution in [2.75, 3.05) is 13.1 Å². The second-order valence-electron chi connectivity index (χ2n) is 4.78. The van der Waals surface area contributed by atoms with Gasteiger partial charge in [0.2, 0.25) is 5.91 Å². The Labute approximate surface area is 85.1 Å². The standard InChI is InChI=1S/C11H18N2O/c14-11-5-4-10-12-7-2-1-3-9(12)6-8-13(10)11/h9-10H,1-8H2/t9-,10-/m1/s1. The summed E-state index contributed by atoms with van der Waals surface area (Å²) in [7, 11) is 0. The highest BCUT2D eigenvalue weighted by Crippen LogP contribution is 2.33. The fourth-order valence-electron chi connectivity index (χ4n) is 3.35. The quantitative estimate of drug-likeness (QED) is 0.578. The molecule has 3 heterocycles. The number of fused-ring (bicyclic) bond motifs is 3. The normalized spacial score (nSPS) is 38.3. The molecule has 0 aromatic heterocycles. The van der Waals surface area contributed by atoms with E-state index in [1.165, 1.54) is 32.2 Å². The molecule has 0 bridgehead atoms. The Morgan fingerprint density at radius 3 is 2.93 bits per heavy atom. The Kier molecular flexibility index (Phi) is 2.01. The summed E-state index contributed by atoms with van der Waals surface area (Å²) in [5, 5.41) is 0. The molecule has 78 valence electrons. The van der Waals surface area contributed by atoms with Crippen LogP contribution >= 0.6 is 0 Å². The Morgan fingerprint density at radius 1 is 1.07 bits per heavy atom. The van der Waals surface area contributed by atoms with Crippen molar-refractivity contribution < 1.29 is 4.79 Å². The minimum Gasteiger partial charge on any atom is -0.327 e. The molecule has 0 radical (unpaired) electrons. The number of carbonyl (C=O) groups excluding carboxylic acids is 1. The first kappa shape index (κ1) is 8.72. The summed E-state index contributed by atoms with van der Waals surface area (Å²) in [6.07, 6.45) is 7.63. The Balaban J connectivity index is 1.80. The van der Waals surface area contributed by atoms with E-state index in [-0.39, 0.29) is 0 Å². The van der Waals surface area contributed by atoms with E-state index in [0.717, 1.165) is 25.4 Å². The molecular formula is C11H18N2O. The summed E-state index contributed by atoms with van der Waals surface area (Å²) < 4.78 is 0. The first-order valence-corrected chi connectivity index (χ1v) is 5.91. The van der Waals surface area contributed by atoms with Gasteiger partial charge in [-0.05, 0) is 25.7 Å². The fourth-order valence-corrected chi connectivity index (χ4v) is 3.35. The molecule has 0 spiro atoms. The molecule has 0 N–H and O–H groups in total. The van der Waals surface area contributed by atoms with Gasteiger partial charge in [-0.1, -0.05) is 6.42 Å². The lowest BCUT2D eigenvalue weighted by Crippen LogP contribution is -2.57. The molecule has 0 aliphatic carbocycles. The summed E-state index contributed by atoms with van der Waals surface area (Å²) in [4.78, 5) is 16.3. The van der Waals surface area contributed by atoms with Gasteiger partial charge in [-0.15, -0.1) is 0 Å². The molecule has 3 nitrogen and oxygen atoms in total. The van der Waals surface area contributed by atoms with Crippen LogP contribution in [0.25, 0.3) is 0 Å². The highest BCUT2D eigenvalue weighted by molar-refractivity contribution is 5.78. The number of rotatable bonds is 0. The summed E-state index contributed by atoms with van der Waals surface area (Å²) in [6.45, 7) is 2.24. The fraction of sp³-hybridized carbons (Fsp3) is 0.909. The van der Waals surface area contributed by atoms with E-state index in [4.69, 9.17) is 0 Å². The van der Waals surface area contributed by atoms with Crippen LogP contribution in [0.1, 0.15) is 38.5 Å². The van der Waals surface area contributed by atoms with E-state index in [0.29, 0.717) is 12.1 Å². The molecule has 2 atom stereocenters. The molecule has 1 amide bonds. The maximum Gasteiger partial charge on any atom is 0.223 e.